The van der Waals surface area contributed by atoms with Crippen LogP contribution in [-0.2, 0) is 9.53 Å². The molecule has 0 aromatic carbocycles. The van der Waals surface area contributed by atoms with Crippen molar-refractivity contribution in [2.45, 2.75) is 38.8 Å². The van der Waals surface area contributed by atoms with E-state index in [1.807, 2.05) is 0 Å². The smallest absolute Gasteiger partial charge is 0.411 e. The lowest BCUT2D eigenvalue weighted by Gasteiger charge is -2.29. The van der Waals surface area contributed by atoms with Gasteiger partial charge in [0.1, 0.15) is 11.6 Å². The summed E-state index contributed by atoms with van der Waals surface area (Å²) in [5.74, 6) is -1.01. The number of ether oxygens (including phenoxy) is 1. The number of nitrogens with zero attached hydrogens (tertiary/aromatic N) is 1. The van der Waals surface area contributed by atoms with Crippen LogP contribution in [0.3, 0.4) is 0 Å². The maximum Gasteiger partial charge on any atom is 0.411 e. The van der Waals surface area contributed by atoms with Crippen LogP contribution in [0.1, 0.15) is 27.2 Å². The molecule has 0 bridgehead atoms. The van der Waals surface area contributed by atoms with Gasteiger partial charge in [-0.25, -0.2) is 9.59 Å². The van der Waals surface area contributed by atoms with Crippen LogP contribution in [0.4, 0.5) is 4.79 Å². The van der Waals surface area contributed by atoms with Crippen LogP contribution < -0.4 is 5.32 Å². The lowest BCUT2D eigenvalue weighted by molar-refractivity contribution is -0.142. The largest absolute Gasteiger partial charge is 0.480 e. The van der Waals surface area contributed by atoms with Gasteiger partial charge in [-0.3, -0.25) is 4.90 Å². The first-order valence-electron chi connectivity index (χ1n) is 5.74. The summed E-state index contributed by atoms with van der Waals surface area (Å²) < 4.78 is 5.21. The van der Waals surface area contributed by atoms with Gasteiger partial charge in [-0.1, -0.05) is 0 Å². The Morgan fingerprint density at radius 1 is 1.41 bits per heavy atom. The molecule has 6 nitrogen and oxygen atoms in total. The number of carboxylic acids is 1. The number of hydrogen-bond donors (Lipinski definition) is 2. The highest BCUT2D eigenvalue weighted by molar-refractivity contribution is 5.80. The van der Waals surface area contributed by atoms with Crippen LogP contribution >= 0.6 is 0 Å². The summed E-state index contributed by atoms with van der Waals surface area (Å²) in [5, 5.41) is 12.1. The second-order valence-electron chi connectivity index (χ2n) is 5.09. The maximum absolute atomic E-state index is 11.9. The summed E-state index contributed by atoms with van der Waals surface area (Å²) in [6.07, 6.45) is 0.164. The van der Waals surface area contributed by atoms with E-state index in [0.717, 1.165) is 6.42 Å². The lowest BCUT2D eigenvalue weighted by atomic mass is 10.2. The molecule has 0 radical (unpaired) electrons. The van der Waals surface area contributed by atoms with Crippen molar-refractivity contribution in [1.29, 1.82) is 0 Å². The Morgan fingerprint density at radius 3 is 2.59 bits per heavy atom. The normalized spacial score (nSPS) is 21.8. The molecule has 1 aliphatic rings. The van der Waals surface area contributed by atoms with E-state index in [2.05, 4.69) is 5.32 Å². The van der Waals surface area contributed by atoms with Crippen LogP contribution in [0.15, 0.2) is 0 Å². The fourth-order valence-corrected chi connectivity index (χ4v) is 1.64. The Labute approximate surface area is 101 Å². The minimum Gasteiger partial charge on any atom is -0.480 e. The van der Waals surface area contributed by atoms with Crippen molar-refractivity contribution >= 4 is 12.1 Å². The quantitative estimate of drug-likeness (QED) is 0.708. The molecule has 0 aromatic heterocycles. The number of nitrogens with one attached hydrogen (secondary N) is 1. The van der Waals surface area contributed by atoms with Gasteiger partial charge in [-0.15, -0.1) is 0 Å². The molecule has 1 aliphatic heterocycles. The zero-order chi connectivity index (χ0) is 13.1. The third kappa shape index (κ3) is 4.22. The van der Waals surface area contributed by atoms with Crippen LogP contribution in [0.25, 0.3) is 0 Å². The summed E-state index contributed by atoms with van der Waals surface area (Å²) >= 11 is 0. The van der Waals surface area contributed by atoms with E-state index in [4.69, 9.17) is 9.84 Å². The number of aliphatic carboxylic acids is 1. The van der Waals surface area contributed by atoms with Crippen molar-refractivity contribution in [2.24, 2.45) is 0 Å². The molecule has 1 fully saturated rings. The van der Waals surface area contributed by atoms with Crippen LogP contribution in [0.2, 0.25) is 0 Å². The zero-order valence-electron chi connectivity index (χ0n) is 10.5. The van der Waals surface area contributed by atoms with Crippen LogP contribution in [0, 0.1) is 0 Å². The molecule has 1 heterocycles. The molecule has 1 rings (SSSR count). The highest BCUT2D eigenvalue weighted by Gasteiger charge is 2.33. The van der Waals surface area contributed by atoms with Crippen molar-refractivity contribution < 1.29 is 19.4 Å². The fraction of sp³-hybridized carbons (Fsp3) is 0.818. The van der Waals surface area contributed by atoms with Crippen molar-refractivity contribution in [2.75, 3.05) is 19.6 Å². The minimum atomic E-state index is -1.01. The van der Waals surface area contributed by atoms with Gasteiger partial charge in [0.15, 0.2) is 0 Å². The van der Waals surface area contributed by atoms with Crippen molar-refractivity contribution in [1.82, 2.24) is 10.2 Å². The molecule has 1 amide bonds. The summed E-state index contributed by atoms with van der Waals surface area (Å²) in [6.45, 7) is 6.65. The predicted molar refractivity (Wildman–Crippen MR) is 61.9 cm³/mol. The number of carbonyl (C=O) groups is 2. The predicted octanol–water partition coefficient (Wildman–Crippen LogP) is 0.670. The first-order valence-corrected chi connectivity index (χ1v) is 5.74. The topological polar surface area (TPSA) is 78.9 Å². The Kier molecular flexibility index (Phi) is 4.34. The van der Waals surface area contributed by atoms with Gasteiger partial charge >= 0.3 is 12.1 Å². The third-order valence-electron chi connectivity index (χ3n) is 2.38. The molecule has 0 saturated carbocycles. The molecule has 0 aliphatic carbocycles. The Bertz CT molecular complexity index is 298. The number of amides is 1. The number of carboxylic acid groups (broad SMARTS) is 1. The minimum absolute atomic E-state index is 0.259. The monoisotopic (exact) mass is 244 g/mol. The first-order chi connectivity index (χ1) is 7.81. The van der Waals surface area contributed by atoms with Crippen molar-refractivity contribution in [3.8, 4) is 0 Å². The summed E-state index contributed by atoms with van der Waals surface area (Å²) in [6, 6.07) is -0.854. The average molecular weight is 244 g/mol. The van der Waals surface area contributed by atoms with E-state index in [-0.39, 0.29) is 6.54 Å². The molecular weight excluding hydrogens is 224 g/mol. The molecule has 1 unspecified atom stereocenters. The molecule has 0 aromatic rings. The fourth-order valence-electron chi connectivity index (χ4n) is 1.64. The van der Waals surface area contributed by atoms with Gasteiger partial charge < -0.3 is 15.2 Å². The van der Waals surface area contributed by atoms with E-state index in [0.29, 0.717) is 13.1 Å². The standard InChI is InChI=1S/C11H20N2O4/c1-11(2,3)17-10(16)13-6-4-5-12-7-8(13)9(14)15/h8,12H,4-7H2,1-3H3,(H,14,15). The average Bonchev–Trinajstić information content (AvgIpc) is 2.39. The van der Waals surface area contributed by atoms with E-state index >= 15 is 0 Å². The van der Waals surface area contributed by atoms with Crippen molar-refractivity contribution in [3.05, 3.63) is 0 Å². The molecule has 1 atom stereocenters. The SMILES string of the molecule is CC(C)(C)OC(=O)N1CCCNCC1C(=O)O. The van der Waals surface area contributed by atoms with Gasteiger partial charge in [-0.05, 0) is 33.7 Å². The van der Waals surface area contributed by atoms with E-state index < -0.39 is 23.7 Å². The van der Waals surface area contributed by atoms with Crippen LogP contribution in [0.5, 0.6) is 0 Å². The van der Waals surface area contributed by atoms with Gasteiger partial charge in [0.25, 0.3) is 0 Å². The first kappa shape index (κ1) is 13.8. The number of carbonyl (C=O) groups excluding carboxylic acids is 1. The number of hydrogen-bond acceptors (Lipinski definition) is 4. The second-order valence-corrected chi connectivity index (χ2v) is 5.09. The molecule has 98 valence electrons. The summed E-state index contributed by atoms with van der Waals surface area (Å²) in [5.41, 5.74) is -0.611. The van der Waals surface area contributed by atoms with Gasteiger partial charge in [0.2, 0.25) is 0 Å². The van der Waals surface area contributed by atoms with E-state index in [9.17, 15) is 9.59 Å². The molecule has 0 spiro atoms. The molecule has 6 heteroatoms. The molecule has 2 N–H and O–H groups in total. The lowest BCUT2D eigenvalue weighted by Crippen LogP contribution is -2.49. The highest BCUT2D eigenvalue weighted by atomic mass is 16.6. The second kappa shape index (κ2) is 5.35. The summed E-state index contributed by atoms with van der Waals surface area (Å²) in [4.78, 5) is 24.3. The number of rotatable bonds is 1. The van der Waals surface area contributed by atoms with Gasteiger partial charge in [0.05, 0.1) is 0 Å². The molecular formula is C11H20N2O4. The zero-order valence-corrected chi connectivity index (χ0v) is 10.5. The van der Waals surface area contributed by atoms with Gasteiger partial charge in [0, 0.05) is 13.1 Å². The van der Waals surface area contributed by atoms with E-state index in [1.54, 1.807) is 20.8 Å². The Hall–Kier alpha value is -1.30. The Morgan fingerprint density at radius 2 is 2.06 bits per heavy atom. The van der Waals surface area contributed by atoms with Gasteiger partial charge in [-0.2, -0.15) is 0 Å². The summed E-state index contributed by atoms with van der Waals surface area (Å²) in [7, 11) is 0. The molecule has 1 saturated heterocycles. The van der Waals surface area contributed by atoms with E-state index in [1.165, 1.54) is 4.90 Å². The van der Waals surface area contributed by atoms with Crippen molar-refractivity contribution in [3.63, 3.8) is 0 Å². The van der Waals surface area contributed by atoms with Crippen LogP contribution in [-0.4, -0.2) is 53.3 Å². The highest BCUT2D eigenvalue weighted by Crippen LogP contribution is 2.13. The molecule has 17 heavy (non-hydrogen) atoms. The Balaban J connectivity index is 2.75. The third-order valence-corrected chi connectivity index (χ3v) is 2.38. The maximum atomic E-state index is 11.9.